The van der Waals surface area contributed by atoms with Crippen molar-refractivity contribution in [2.45, 2.75) is 58.2 Å². The Morgan fingerprint density at radius 2 is 2.00 bits per heavy atom. The number of amides is 3. The maximum atomic E-state index is 13.5. The first kappa shape index (κ1) is 28.5. The highest BCUT2D eigenvalue weighted by Gasteiger charge is 2.35. The number of nitrogens with one attached hydrogen (secondary N) is 2. The number of carbonyl (C=O) groups is 3. The summed E-state index contributed by atoms with van der Waals surface area (Å²) >= 11 is 4.22. The molecule has 0 heterocycles. The van der Waals surface area contributed by atoms with Gasteiger partial charge in [0.05, 0.1) is 6.61 Å². The van der Waals surface area contributed by atoms with E-state index in [0.717, 1.165) is 18.4 Å². The van der Waals surface area contributed by atoms with Gasteiger partial charge in [-0.05, 0) is 44.4 Å². The maximum Gasteiger partial charge on any atom is 0.408 e. The number of rotatable bonds is 12. The van der Waals surface area contributed by atoms with Gasteiger partial charge in [-0.15, -0.1) is 0 Å². The van der Waals surface area contributed by atoms with E-state index in [1.807, 2.05) is 13.0 Å². The molecule has 1 aromatic carbocycles. The SMILES string of the molecule is C=Cc1cccc(C(C(=O)NCCCC)N(CCO)C(=O)C(CS)NC(=O)OC(C)(C)C)c1. The number of aliphatic hydroxyl groups excluding tert-OH is 1. The van der Waals surface area contributed by atoms with Crippen molar-refractivity contribution in [3.8, 4) is 0 Å². The van der Waals surface area contributed by atoms with Gasteiger partial charge in [0.1, 0.15) is 17.7 Å². The highest BCUT2D eigenvalue weighted by atomic mass is 32.1. The molecule has 33 heavy (non-hydrogen) atoms. The van der Waals surface area contributed by atoms with E-state index in [-0.39, 0.29) is 24.8 Å². The fourth-order valence-corrected chi connectivity index (χ4v) is 3.37. The van der Waals surface area contributed by atoms with Gasteiger partial charge in [0, 0.05) is 18.8 Å². The number of alkyl carbamates (subject to hydrolysis) is 1. The van der Waals surface area contributed by atoms with Crippen LogP contribution in [0.5, 0.6) is 0 Å². The van der Waals surface area contributed by atoms with Crippen molar-refractivity contribution in [1.29, 1.82) is 0 Å². The number of thiol groups is 1. The molecule has 0 radical (unpaired) electrons. The summed E-state index contributed by atoms with van der Waals surface area (Å²) in [4.78, 5) is 40.2. The molecule has 0 saturated heterocycles. The molecule has 1 rings (SSSR count). The number of ether oxygens (including phenoxy) is 1. The fraction of sp³-hybridized carbons (Fsp3) is 0.542. The topological polar surface area (TPSA) is 108 Å². The number of aliphatic hydroxyl groups is 1. The Morgan fingerprint density at radius 3 is 2.55 bits per heavy atom. The van der Waals surface area contributed by atoms with E-state index in [1.54, 1.807) is 45.0 Å². The zero-order valence-corrected chi connectivity index (χ0v) is 20.9. The molecule has 0 aliphatic rings. The average Bonchev–Trinajstić information content (AvgIpc) is 2.75. The van der Waals surface area contributed by atoms with Crippen molar-refractivity contribution in [3.05, 3.63) is 42.0 Å². The van der Waals surface area contributed by atoms with Crippen LogP contribution in [0.2, 0.25) is 0 Å². The van der Waals surface area contributed by atoms with Crippen LogP contribution in [0.25, 0.3) is 6.08 Å². The minimum absolute atomic E-state index is 0.0170. The molecule has 8 nitrogen and oxygen atoms in total. The van der Waals surface area contributed by atoms with E-state index < -0.39 is 29.7 Å². The van der Waals surface area contributed by atoms with E-state index in [0.29, 0.717) is 12.1 Å². The van der Waals surface area contributed by atoms with E-state index in [4.69, 9.17) is 4.74 Å². The van der Waals surface area contributed by atoms with E-state index in [2.05, 4.69) is 29.8 Å². The first-order valence-electron chi connectivity index (χ1n) is 11.1. The molecule has 0 aromatic heterocycles. The average molecular weight is 480 g/mol. The van der Waals surface area contributed by atoms with Crippen molar-refractivity contribution in [1.82, 2.24) is 15.5 Å². The van der Waals surface area contributed by atoms with Crippen molar-refractivity contribution in [3.63, 3.8) is 0 Å². The number of benzene rings is 1. The molecular weight excluding hydrogens is 442 g/mol. The van der Waals surface area contributed by atoms with Crippen LogP contribution in [0.1, 0.15) is 57.7 Å². The van der Waals surface area contributed by atoms with Gasteiger partial charge < -0.3 is 25.4 Å². The molecule has 184 valence electrons. The Hall–Kier alpha value is -2.52. The van der Waals surface area contributed by atoms with Gasteiger partial charge >= 0.3 is 6.09 Å². The number of carbonyl (C=O) groups excluding carboxylic acids is 3. The van der Waals surface area contributed by atoms with Crippen molar-refractivity contribution >= 4 is 36.6 Å². The summed E-state index contributed by atoms with van der Waals surface area (Å²) in [5, 5.41) is 15.1. The normalized spacial score (nSPS) is 12.9. The molecule has 0 saturated carbocycles. The summed E-state index contributed by atoms with van der Waals surface area (Å²) < 4.78 is 5.25. The standard InChI is InChI=1S/C24H37N3O5S/c1-6-8-12-25-21(29)20(18-11-9-10-17(7-2)15-18)27(13-14-28)22(30)19(16-33)26-23(31)32-24(3,4)5/h7,9-11,15,19-20,28,33H,2,6,8,12-14,16H2,1,3-5H3,(H,25,29)(H,26,31). The van der Waals surface area contributed by atoms with Crippen LogP contribution in [0.4, 0.5) is 4.79 Å². The molecular formula is C24H37N3O5S. The Bertz CT molecular complexity index is 810. The number of hydrogen-bond donors (Lipinski definition) is 4. The van der Waals surface area contributed by atoms with E-state index in [9.17, 15) is 19.5 Å². The summed E-state index contributed by atoms with van der Waals surface area (Å²) in [6.07, 6.45) is 2.57. The summed E-state index contributed by atoms with van der Waals surface area (Å²) in [5.41, 5.74) is 0.609. The first-order chi connectivity index (χ1) is 15.6. The zero-order valence-electron chi connectivity index (χ0n) is 20.0. The molecule has 3 N–H and O–H groups in total. The molecule has 0 bridgehead atoms. The molecule has 2 atom stereocenters. The Morgan fingerprint density at radius 1 is 1.30 bits per heavy atom. The third kappa shape index (κ3) is 9.47. The number of nitrogens with zero attached hydrogens (tertiary/aromatic N) is 1. The van der Waals surface area contributed by atoms with Crippen LogP contribution >= 0.6 is 12.6 Å². The van der Waals surface area contributed by atoms with Gasteiger partial charge in [-0.1, -0.05) is 44.2 Å². The van der Waals surface area contributed by atoms with Gasteiger partial charge in [-0.25, -0.2) is 4.79 Å². The lowest BCUT2D eigenvalue weighted by Gasteiger charge is -2.34. The van der Waals surface area contributed by atoms with Gasteiger partial charge in [-0.3, -0.25) is 9.59 Å². The van der Waals surface area contributed by atoms with Crippen LogP contribution in [0.15, 0.2) is 30.8 Å². The van der Waals surface area contributed by atoms with Crippen molar-refractivity contribution in [2.24, 2.45) is 0 Å². The minimum atomic E-state index is -1.05. The summed E-state index contributed by atoms with van der Waals surface area (Å²) in [6.45, 7) is 10.9. The predicted octanol–water partition coefficient (Wildman–Crippen LogP) is 2.93. The van der Waals surface area contributed by atoms with E-state index >= 15 is 0 Å². The van der Waals surface area contributed by atoms with Crippen molar-refractivity contribution < 1.29 is 24.2 Å². The highest BCUT2D eigenvalue weighted by molar-refractivity contribution is 7.80. The molecule has 1 aromatic rings. The first-order valence-corrected chi connectivity index (χ1v) is 11.7. The molecule has 2 unspecified atom stereocenters. The molecule has 0 aliphatic carbocycles. The van der Waals surface area contributed by atoms with Crippen LogP contribution in [-0.4, -0.2) is 65.0 Å². The Labute approximate surface area is 202 Å². The second kappa shape index (κ2) is 13.9. The molecule has 0 spiro atoms. The smallest absolute Gasteiger partial charge is 0.408 e. The zero-order chi connectivity index (χ0) is 25.0. The molecule has 0 fully saturated rings. The Kier molecular flexibility index (Phi) is 12.0. The second-order valence-electron chi connectivity index (χ2n) is 8.56. The summed E-state index contributed by atoms with van der Waals surface area (Å²) in [6, 6.07) is 5.06. The van der Waals surface area contributed by atoms with Crippen LogP contribution in [0, 0.1) is 0 Å². The van der Waals surface area contributed by atoms with Crippen molar-refractivity contribution in [2.75, 3.05) is 25.4 Å². The summed E-state index contributed by atoms with van der Waals surface area (Å²) in [5.74, 6) is -0.942. The number of unbranched alkanes of at least 4 members (excludes halogenated alkanes) is 1. The molecule has 9 heteroatoms. The maximum absolute atomic E-state index is 13.5. The quantitative estimate of drug-likeness (QED) is 0.272. The third-order valence-electron chi connectivity index (χ3n) is 4.65. The summed E-state index contributed by atoms with van der Waals surface area (Å²) in [7, 11) is 0. The lowest BCUT2D eigenvalue weighted by molar-refractivity contribution is -0.142. The monoisotopic (exact) mass is 479 g/mol. The molecule has 0 aliphatic heterocycles. The van der Waals surface area contributed by atoms with Gasteiger partial charge in [0.25, 0.3) is 0 Å². The third-order valence-corrected chi connectivity index (χ3v) is 5.01. The molecule has 3 amide bonds. The highest BCUT2D eigenvalue weighted by Crippen LogP contribution is 2.24. The minimum Gasteiger partial charge on any atom is -0.444 e. The number of hydrogen-bond acceptors (Lipinski definition) is 6. The van der Waals surface area contributed by atoms with Gasteiger partial charge in [-0.2, -0.15) is 12.6 Å². The lowest BCUT2D eigenvalue weighted by atomic mass is 10.0. The lowest BCUT2D eigenvalue weighted by Crippen LogP contribution is -2.54. The van der Waals surface area contributed by atoms with Crippen LogP contribution < -0.4 is 10.6 Å². The van der Waals surface area contributed by atoms with Gasteiger partial charge in [0.2, 0.25) is 11.8 Å². The second-order valence-corrected chi connectivity index (χ2v) is 8.92. The van der Waals surface area contributed by atoms with Crippen LogP contribution in [0.3, 0.4) is 0 Å². The fourth-order valence-electron chi connectivity index (χ4n) is 3.12. The van der Waals surface area contributed by atoms with E-state index in [1.165, 1.54) is 4.90 Å². The van der Waals surface area contributed by atoms with Crippen LogP contribution in [-0.2, 0) is 14.3 Å². The van der Waals surface area contributed by atoms with Gasteiger partial charge in [0.15, 0.2) is 0 Å². The largest absolute Gasteiger partial charge is 0.444 e. The Balaban J connectivity index is 3.31. The predicted molar refractivity (Wildman–Crippen MR) is 133 cm³/mol.